The van der Waals surface area contributed by atoms with Gasteiger partial charge in [0, 0.05) is 12.1 Å². The Balaban J connectivity index is 2.10. The molecule has 1 aromatic rings. The molecule has 1 N–H and O–H groups in total. The standard InChI is InChI=1S/C12H15NO2/c1-2-7-13-12(14)10-8-15-11-6-4-3-5-9(10)11/h3-6,10H,2,7-8H2,1H3,(H,13,14). The lowest BCUT2D eigenvalue weighted by Crippen LogP contribution is -2.30. The summed E-state index contributed by atoms with van der Waals surface area (Å²) in [6.45, 7) is 3.24. The Labute approximate surface area is 89.4 Å². The first-order valence-corrected chi connectivity index (χ1v) is 5.32. The molecule has 1 heterocycles. The van der Waals surface area contributed by atoms with Crippen LogP contribution in [0.5, 0.6) is 5.75 Å². The Morgan fingerprint density at radius 2 is 2.33 bits per heavy atom. The van der Waals surface area contributed by atoms with Crippen molar-refractivity contribution in [2.24, 2.45) is 0 Å². The summed E-state index contributed by atoms with van der Waals surface area (Å²) in [6, 6.07) is 7.72. The van der Waals surface area contributed by atoms with Crippen LogP contribution in [0, 0.1) is 0 Å². The Morgan fingerprint density at radius 1 is 1.53 bits per heavy atom. The van der Waals surface area contributed by atoms with Crippen molar-refractivity contribution < 1.29 is 9.53 Å². The molecule has 0 aromatic heterocycles. The average molecular weight is 205 g/mol. The van der Waals surface area contributed by atoms with E-state index in [1.54, 1.807) is 0 Å². The summed E-state index contributed by atoms with van der Waals surface area (Å²) in [6.07, 6.45) is 0.959. The van der Waals surface area contributed by atoms with Gasteiger partial charge in [0.1, 0.15) is 18.3 Å². The number of ether oxygens (including phenoxy) is 1. The molecule has 1 aromatic carbocycles. The number of carbonyl (C=O) groups excluding carboxylic acids is 1. The Hall–Kier alpha value is -1.51. The number of nitrogens with one attached hydrogen (secondary N) is 1. The van der Waals surface area contributed by atoms with Crippen molar-refractivity contribution in [2.75, 3.05) is 13.2 Å². The van der Waals surface area contributed by atoms with Crippen LogP contribution in [-0.2, 0) is 4.79 Å². The van der Waals surface area contributed by atoms with E-state index in [1.165, 1.54) is 0 Å². The van der Waals surface area contributed by atoms with Gasteiger partial charge in [-0.2, -0.15) is 0 Å². The molecule has 0 fully saturated rings. The SMILES string of the molecule is CCCNC(=O)C1COc2ccccc21. The van der Waals surface area contributed by atoms with Crippen LogP contribution in [-0.4, -0.2) is 19.1 Å². The van der Waals surface area contributed by atoms with Crippen molar-refractivity contribution in [3.63, 3.8) is 0 Å². The van der Waals surface area contributed by atoms with Gasteiger partial charge in [-0.25, -0.2) is 0 Å². The molecular weight excluding hydrogens is 190 g/mol. The van der Waals surface area contributed by atoms with E-state index in [4.69, 9.17) is 4.74 Å². The summed E-state index contributed by atoms with van der Waals surface area (Å²) in [4.78, 5) is 11.8. The molecule has 1 atom stereocenters. The lowest BCUT2D eigenvalue weighted by atomic mass is 10.0. The van der Waals surface area contributed by atoms with Gasteiger partial charge in [0.2, 0.25) is 5.91 Å². The molecule has 3 nitrogen and oxygen atoms in total. The number of carbonyl (C=O) groups is 1. The number of hydrogen-bond acceptors (Lipinski definition) is 2. The molecule has 15 heavy (non-hydrogen) atoms. The Morgan fingerprint density at radius 3 is 3.13 bits per heavy atom. The van der Waals surface area contributed by atoms with Gasteiger partial charge in [-0.05, 0) is 12.5 Å². The number of rotatable bonds is 3. The van der Waals surface area contributed by atoms with Crippen LogP contribution in [0.25, 0.3) is 0 Å². The first kappa shape index (κ1) is 10.0. The molecule has 0 bridgehead atoms. The van der Waals surface area contributed by atoms with Crippen molar-refractivity contribution >= 4 is 5.91 Å². The minimum absolute atomic E-state index is 0.0711. The second kappa shape index (κ2) is 4.34. The number of hydrogen-bond donors (Lipinski definition) is 1. The van der Waals surface area contributed by atoms with E-state index in [0.717, 1.165) is 24.3 Å². The molecule has 80 valence electrons. The third kappa shape index (κ3) is 1.96. The second-order valence-electron chi connectivity index (χ2n) is 3.69. The Bertz CT molecular complexity index is 362. The maximum Gasteiger partial charge on any atom is 0.231 e. The van der Waals surface area contributed by atoms with Crippen LogP contribution in [0.3, 0.4) is 0 Å². The van der Waals surface area contributed by atoms with E-state index in [-0.39, 0.29) is 11.8 Å². The maximum absolute atomic E-state index is 11.8. The lowest BCUT2D eigenvalue weighted by molar-refractivity contribution is -0.122. The van der Waals surface area contributed by atoms with Crippen molar-refractivity contribution in [1.82, 2.24) is 5.32 Å². The van der Waals surface area contributed by atoms with Crippen LogP contribution in [0.1, 0.15) is 24.8 Å². The van der Waals surface area contributed by atoms with E-state index < -0.39 is 0 Å². The largest absolute Gasteiger partial charge is 0.492 e. The summed E-state index contributed by atoms with van der Waals surface area (Å²) in [5.74, 6) is 0.781. The summed E-state index contributed by atoms with van der Waals surface area (Å²) in [7, 11) is 0. The van der Waals surface area contributed by atoms with Crippen LogP contribution in [0.15, 0.2) is 24.3 Å². The number of fused-ring (bicyclic) bond motifs is 1. The van der Waals surface area contributed by atoms with Gasteiger partial charge in [0.05, 0.1) is 0 Å². The summed E-state index contributed by atoms with van der Waals surface area (Å²) in [5.41, 5.74) is 1.01. The Kier molecular flexibility index (Phi) is 2.90. The zero-order valence-corrected chi connectivity index (χ0v) is 8.82. The van der Waals surface area contributed by atoms with Gasteiger partial charge >= 0.3 is 0 Å². The van der Waals surface area contributed by atoms with E-state index in [1.807, 2.05) is 31.2 Å². The van der Waals surface area contributed by atoms with Crippen LogP contribution >= 0.6 is 0 Å². The monoisotopic (exact) mass is 205 g/mol. The normalized spacial score (nSPS) is 18.1. The van der Waals surface area contributed by atoms with Crippen molar-refractivity contribution in [1.29, 1.82) is 0 Å². The molecule has 0 aliphatic carbocycles. The summed E-state index contributed by atoms with van der Waals surface area (Å²) in [5, 5.41) is 2.90. The zero-order chi connectivity index (χ0) is 10.7. The van der Waals surface area contributed by atoms with E-state index in [9.17, 15) is 4.79 Å². The molecule has 1 aliphatic rings. The summed E-state index contributed by atoms with van der Waals surface area (Å²) < 4.78 is 5.45. The molecular formula is C12H15NO2. The maximum atomic E-state index is 11.8. The molecule has 0 spiro atoms. The highest BCUT2D eigenvalue weighted by Crippen LogP contribution is 2.33. The van der Waals surface area contributed by atoms with Crippen LogP contribution < -0.4 is 10.1 Å². The smallest absolute Gasteiger partial charge is 0.231 e. The highest BCUT2D eigenvalue weighted by atomic mass is 16.5. The molecule has 1 aliphatic heterocycles. The van der Waals surface area contributed by atoms with E-state index in [0.29, 0.717) is 6.61 Å². The van der Waals surface area contributed by atoms with Crippen LogP contribution in [0.2, 0.25) is 0 Å². The second-order valence-corrected chi connectivity index (χ2v) is 3.69. The predicted octanol–water partition coefficient (Wildman–Crippen LogP) is 1.69. The minimum atomic E-state index is -0.132. The summed E-state index contributed by atoms with van der Waals surface area (Å²) >= 11 is 0. The van der Waals surface area contributed by atoms with Crippen molar-refractivity contribution in [2.45, 2.75) is 19.3 Å². The molecule has 0 saturated heterocycles. The van der Waals surface area contributed by atoms with Gasteiger partial charge in [-0.15, -0.1) is 0 Å². The lowest BCUT2D eigenvalue weighted by Gasteiger charge is -2.08. The third-order valence-electron chi connectivity index (χ3n) is 2.57. The molecule has 1 unspecified atom stereocenters. The fourth-order valence-electron chi connectivity index (χ4n) is 1.75. The molecule has 1 amide bonds. The van der Waals surface area contributed by atoms with Gasteiger partial charge in [-0.3, -0.25) is 4.79 Å². The first-order chi connectivity index (χ1) is 7.33. The molecule has 0 radical (unpaired) electrons. The van der Waals surface area contributed by atoms with Gasteiger partial charge in [0.25, 0.3) is 0 Å². The highest BCUT2D eigenvalue weighted by Gasteiger charge is 2.29. The highest BCUT2D eigenvalue weighted by molar-refractivity contribution is 5.85. The minimum Gasteiger partial charge on any atom is -0.492 e. The van der Waals surface area contributed by atoms with Gasteiger partial charge < -0.3 is 10.1 Å². The fourth-order valence-corrected chi connectivity index (χ4v) is 1.75. The average Bonchev–Trinajstić information content (AvgIpc) is 2.69. The van der Waals surface area contributed by atoms with Crippen molar-refractivity contribution in [3.05, 3.63) is 29.8 Å². The van der Waals surface area contributed by atoms with Gasteiger partial charge in [-0.1, -0.05) is 25.1 Å². The van der Waals surface area contributed by atoms with Crippen molar-refractivity contribution in [3.8, 4) is 5.75 Å². The number of para-hydroxylation sites is 1. The quantitative estimate of drug-likeness (QED) is 0.815. The fraction of sp³-hybridized carbons (Fsp3) is 0.417. The first-order valence-electron chi connectivity index (χ1n) is 5.32. The predicted molar refractivity (Wildman–Crippen MR) is 58.0 cm³/mol. The number of benzene rings is 1. The van der Waals surface area contributed by atoms with Crippen LogP contribution in [0.4, 0.5) is 0 Å². The third-order valence-corrected chi connectivity index (χ3v) is 2.57. The van der Waals surface area contributed by atoms with E-state index >= 15 is 0 Å². The van der Waals surface area contributed by atoms with Gasteiger partial charge in [0.15, 0.2) is 0 Å². The molecule has 2 rings (SSSR count). The van der Waals surface area contributed by atoms with E-state index in [2.05, 4.69) is 5.32 Å². The molecule has 0 saturated carbocycles. The molecule has 3 heteroatoms. The number of amides is 1. The topological polar surface area (TPSA) is 38.3 Å². The zero-order valence-electron chi connectivity index (χ0n) is 8.82.